The van der Waals surface area contributed by atoms with Crippen LogP contribution in [0, 0.1) is 0 Å². The first-order chi connectivity index (χ1) is 7.09. The summed E-state index contributed by atoms with van der Waals surface area (Å²) in [6, 6.07) is 0.263. The largest absolute Gasteiger partial charge is 0.351 e. The molecule has 0 saturated carbocycles. The standard InChI is InChI=1S/C9H11Cl2N3O/c1-5-2-6(10)3-14(5)8-7(11)9(15)13-4-12-8/h4-6H,2-3H2,1H3,(H,12,13,15). The predicted molar refractivity (Wildman–Crippen MR) is 60.9 cm³/mol. The van der Waals surface area contributed by atoms with Crippen molar-refractivity contribution in [3.63, 3.8) is 0 Å². The molecule has 2 rings (SSSR count). The molecule has 15 heavy (non-hydrogen) atoms. The highest BCUT2D eigenvalue weighted by Crippen LogP contribution is 2.29. The van der Waals surface area contributed by atoms with Crippen molar-refractivity contribution in [1.29, 1.82) is 0 Å². The summed E-state index contributed by atoms with van der Waals surface area (Å²) in [5, 5.41) is 0.229. The highest BCUT2D eigenvalue weighted by Gasteiger charge is 2.30. The number of nitrogens with one attached hydrogen (secondary N) is 1. The monoisotopic (exact) mass is 247 g/mol. The Morgan fingerprint density at radius 3 is 3.00 bits per heavy atom. The van der Waals surface area contributed by atoms with Gasteiger partial charge in [0.2, 0.25) is 0 Å². The van der Waals surface area contributed by atoms with Crippen LogP contribution in [0.15, 0.2) is 11.1 Å². The number of hydrogen-bond acceptors (Lipinski definition) is 3. The van der Waals surface area contributed by atoms with Gasteiger partial charge in [0.15, 0.2) is 5.82 Å². The molecule has 82 valence electrons. The average Bonchev–Trinajstić information content (AvgIpc) is 2.50. The molecule has 0 aromatic carbocycles. The molecular formula is C9H11Cl2N3O. The van der Waals surface area contributed by atoms with Gasteiger partial charge < -0.3 is 9.88 Å². The maximum absolute atomic E-state index is 11.3. The van der Waals surface area contributed by atoms with E-state index in [9.17, 15) is 4.79 Å². The first-order valence-electron chi connectivity index (χ1n) is 4.73. The number of nitrogens with zero attached hydrogens (tertiary/aromatic N) is 2. The zero-order valence-corrected chi connectivity index (χ0v) is 9.72. The fraction of sp³-hybridized carbons (Fsp3) is 0.556. The topological polar surface area (TPSA) is 49.0 Å². The minimum Gasteiger partial charge on any atom is -0.351 e. The van der Waals surface area contributed by atoms with Crippen LogP contribution >= 0.6 is 23.2 Å². The van der Waals surface area contributed by atoms with Crippen LogP contribution in [0.3, 0.4) is 0 Å². The molecule has 1 saturated heterocycles. The van der Waals surface area contributed by atoms with Crippen LogP contribution < -0.4 is 10.5 Å². The van der Waals surface area contributed by atoms with Crippen molar-refractivity contribution >= 4 is 29.0 Å². The normalized spacial score (nSPS) is 25.9. The molecule has 1 fully saturated rings. The quantitative estimate of drug-likeness (QED) is 0.768. The first-order valence-corrected chi connectivity index (χ1v) is 5.55. The van der Waals surface area contributed by atoms with E-state index in [-0.39, 0.29) is 22.0 Å². The Labute approximate surface area is 97.2 Å². The van der Waals surface area contributed by atoms with Gasteiger partial charge in [0, 0.05) is 12.6 Å². The third-order valence-corrected chi connectivity index (χ3v) is 3.23. The number of rotatable bonds is 1. The highest BCUT2D eigenvalue weighted by molar-refractivity contribution is 6.32. The van der Waals surface area contributed by atoms with Gasteiger partial charge in [-0.3, -0.25) is 4.79 Å². The van der Waals surface area contributed by atoms with Crippen LogP contribution in [0.5, 0.6) is 0 Å². The Bertz CT molecular complexity index is 420. The smallest absolute Gasteiger partial charge is 0.271 e. The summed E-state index contributed by atoms with van der Waals surface area (Å²) < 4.78 is 0. The van der Waals surface area contributed by atoms with E-state index >= 15 is 0 Å². The zero-order valence-electron chi connectivity index (χ0n) is 8.20. The number of anilines is 1. The van der Waals surface area contributed by atoms with E-state index in [2.05, 4.69) is 9.97 Å². The van der Waals surface area contributed by atoms with Crippen molar-refractivity contribution < 1.29 is 0 Å². The Kier molecular flexibility index (Phi) is 2.89. The lowest BCUT2D eigenvalue weighted by Gasteiger charge is -2.22. The van der Waals surface area contributed by atoms with Crippen molar-refractivity contribution in [1.82, 2.24) is 9.97 Å². The number of aromatic amines is 1. The second-order valence-electron chi connectivity index (χ2n) is 3.70. The van der Waals surface area contributed by atoms with Gasteiger partial charge in [-0.2, -0.15) is 0 Å². The maximum Gasteiger partial charge on any atom is 0.271 e. The van der Waals surface area contributed by atoms with Crippen molar-refractivity contribution in [3.05, 3.63) is 21.7 Å². The van der Waals surface area contributed by atoms with E-state index in [1.54, 1.807) is 0 Å². The Balaban J connectivity index is 2.38. The molecule has 1 aliphatic heterocycles. The van der Waals surface area contributed by atoms with Crippen LogP contribution in [0.4, 0.5) is 5.82 Å². The predicted octanol–water partition coefficient (Wildman–Crippen LogP) is 1.63. The summed E-state index contributed by atoms with van der Waals surface area (Å²) in [6.45, 7) is 2.72. The molecule has 0 radical (unpaired) electrons. The second-order valence-corrected chi connectivity index (χ2v) is 4.70. The molecule has 1 aliphatic rings. The second kappa shape index (κ2) is 4.02. The molecule has 0 spiro atoms. The van der Waals surface area contributed by atoms with Gasteiger partial charge in [-0.25, -0.2) is 4.98 Å². The Morgan fingerprint density at radius 1 is 1.67 bits per heavy atom. The van der Waals surface area contributed by atoms with E-state index in [0.717, 1.165) is 6.42 Å². The molecule has 2 unspecified atom stereocenters. The van der Waals surface area contributed by atoms with E-state index < -0.39 is 0 Å². The molecule has 6 heteroatoms. The number of H-pyrrole nitrogens is 1. The lowest BCUT2D eigenvalue weighted by atomic mass is 10.2. The summed E-state index contributed by atoms with van der Waals surface area (Å²) >= 11 is 11.9. The van der Waals surface area contributed by atoms with Gasteiger partial charge in [0.1, 0.15) is 5.02 Å². The lowest BCUT2D eigenvalue weighted by molar-refractivity contribution is 0.726. The minimum atomic E-state index is -0.313. The Morgan fingerprint density at radius 2 is 2.40 bits per heavy atom. The minimum absolute atomic E-state index is 0.0946. The third-order valence-electron chi connectivity index (χ3n) is 2.57. The van der Waals surface area contributed by atoms with Gasteiger partial charge in [-0.05, 0) is 13.3 Å². The molecule has 1 N–H and O–H groups in total. The van der Waals surface area contributed by atoms with Gasteiger partial charge in [-0.1, -0.05) is 11.6 Å². The first kappa shape index (κ1) is 10.8. The molecule has 1 aromatic rings. The molecule has 2 atom stereocenters. The van der Waals surface area contributed by atoms with E-state index in [1.165, 1.54) is 6.33 Å². The van der Waals surface area contributed by atoms with Gasteiger partial charge in [0.05, 0.1) is 11.7 Å². The SMILES string of the molecule is CC1CC(Cl)CN1c1nc[nH]c(=O)c1Cl. The lowest BCUT2D eigenvalue weighted by Crippen LogP contribution is -2.29. The fourth-order valence-electron chi connectivity index (χ4n) is 1.83. The highest BCUT2D eigenvalue weighted by atomic mass is 35.5. The number of hydrogen-bond donors (Lipinski definition) is 1. The van der Waals surface area contributed by atoms with Crippen LogP contribution in [0.2, 0.25) is 5.02 Å². The van der Waals surface area contributed by atoms with Gasteiger partial charge in [0.25, 0.3) is 5.56 Å². The molecular weight excluding hydrogens is 237 g/mol. The number of aromatic nitrogens is 2. The molecule has 4 nitrogen and oxygen atoms in total. The fourth-order valence-corrected chi connectivity index (χ4v) is 2.45. The molecule has 0 bridgehead atoms. The molecule has 1 aromatic heterocycles. The molecule has 0 aliphatic carbocycles. The Hall–Kier alpha value is -0.740. The summed E-state index contributed by atoms with van der Waals surface area (Å²) in [5.74, 6) is 0.524. The summed E-state index contributed by atoms with van der Waals surface area (Å²) in [4.78, 5) is 19.8. The summed E-state index contributed by atoms with van der Waals surface area (Å²) in [7, 11) is 0. The van der Waals surface area contributed by atoms with Crippen molar-refractivity contribution in [2.45, 2.75) is 24.8 Å². The van der Waals surface area contributed by atoms with E-state index in [4.69, 9.17) is 23.2 Å². The zero-order chi connectivity index (χ0) is 11.0. The van der Waals surface area contributed by atoms with Crippen molar-refractivity contribution in [2.24, 2.45) is 0 Å². The van der Waals surface area contributed by atoms with Crippen molar-refractivity contribution in [3.8, 4) is 0 Å². The van der Waals surface area contributed by atoms with Crippen LogP contribution in [-0.4, -0.2) is 27.9 Å². The summed E-state index contributed by atoms with van der Waals surface area (Å²) in [6.07, 6.45) is 2.24. The van der Waals surface area contributed by atoms with Gasteiger partial charge in [-0.15, -0.1) is 11.6 Å². The van der Waals surface area contributed by atoms with Crippen LogP contribution in [0.25, 0.3) is 0 Å². The van der Waals surface area contributed by atoms with Crippen LogP contribution in [-0.2, 0) is 0 Å². The third kappa shape index (κ3) is 1.96. The summed E-state index contributed by atoms with van der Waals surface area (Å²) in [5.41, 5.74) is -0.313. The van der Waals surface area contributed by atoms with E-state index in [0.29, 0.717) is 12.4 Å². The molecule has 2 heterocycles. The van der Waals surface area contributed by atoms with Crippen LogP contribution in [0.1, 0.15) is 13.3 Å². The number of halogens is 2. The number of alkyl halides is 1. The maximum atomic E-state index is 11.3. The van der Waals surface area contributed by atoms with E-state index in [1.807, 2.05) is 11.8 Å². The van der Waals surface area contributed by atoms with Gasteiger partial charge >= 0.3 is 0 Å². The average molecular weight is 248 g/mol. The molecule has 0 amide bonds. The van der Waals surface area contributed by atoms with Crippen molar-refractivity contribution in [2.75, 3.05) is 11.4 Å².